The van der Waals surface area contributed by atoms with E-state index in [9.17, 15) is 0 Å². The van der Waals surface area contributed by atoms with Gasteiger partial charge in [-0.2, -0.15) is 0 Å². The highest BCUT2D eigenvalue weighted by Crippen LogP contribution is 2.16. The van der Waals surface area contributed by atoms with Gasteiger partial charge in [-0.25, -0.2) is 0 Å². The summed E-state index contributed by atoms with van der Waals surface area (Å²) in [7, 11) is 2.21. The molecule has 1 fully saturated rings. The Balaban J connectivity index is 2.13. The van der Waals surface area contributed by atoms with Crippen molar-refractivity contribution in [3.8, 4) is 0 Å². The van der Waals surface area contributed by atoms with Crippen LogP contribution >= 0.6 is 0 Å². The quantitative estimate of drug-likeness (QED) is 0.790. The van der Waals surface area contributed by atoms with E-state index in [1.165, 1.54) is 12.8 Å². The van der Waals surface area contributed by atoms with Gasteiger partial charge in [-0.15, -0.1) is 0 Å². The van der Waals surface area contributed by atoms with Crippen molar-refractivity contribution >= 4 is 0 Å². The van der Waals surface area contributed by atoms with Crippen LogP contribution in [0.2, 0.25) is 0 Å². The third-order valence-electron chi connectivity index (χ3n) is 3.37. The molecule has 0 aliphatic carbocycles. The van der Waals surface area contributed by atoms with Gasteiger partial charge in [0.05, 0.1) is 12.2 Å². The summed E-state index contributed by atoms with van der Waals surface area (Å²) in [4.78, 5) is 2.42. The molecular weight excluding hydrogens is 224 g/mol. The molecule has 0 amide bonds. The highest BCUT2D eigenvalue weighted by molar-refractivity contribution is 4.71. The summed E-state index contributed by atoms with van der Waals surface area (Å²) in [5.41, 5.74) is 0.383. The molecule has 1 aliphatic rings. The first-order chi connectivity index (χ1) is 8.37. The molecule has 18 heavy (non-hydrogen) atoms. The number of nitrogens with zero attached hydrogens (tertiary/aromatic N) is 1. The lowest BCUT2D eigenvalue weighted by Gasteiger charge is -2.29. The Morgan fingerprint density at radius 2 is 1.89 bits per heavy atom. The molecule has 0 aromatic heterocycles. The van der Waals surface area contributed by atoms with Crippen molar-refractivity contribution in [2.75, 3.05) is 33.2 Å². The van der Waals surface area contributed by atoms with Gasteiger partial charge in [0.25, 0.3) is 0 Å². The van der Waals surface area contributed by atoms with Gasteiger partial charge >= 0.3 is 0 Å². The Bertz CT molecular complexity index is 219. The van der Waals surface area contributed by atoms with E-state index in [2.05, 4.69) is 45.0 Å². The van der Waals surface area contributed by atoms with E-state index in [-0.39, 0.29) is 0 Å². The minimum absolute atomic E-state index is 0.383. The van der Waals surface area contributed by atoms with E-state index in [0.717, 1.165) is 32.6 Å². The maximum atomic E-state index is 6.11. The molecule has 1 N–H and O–H groups in total. The SMILES string of the molecule is CC(CCN(C)CC(C)(C)C)OC1CCNCC1. The van der Waals surface area contributed by atoms with Gasteiger partial charge in [-0.3, -0.25) is 0 Å². The molecule has 1 aliphatic heterocycles. The van der Waals surface area contributed by atoms with Crippen LogP contribution in [-0.2, 0) is 4.74 Å². The zero-order chi connectivity index (χ0) is 13.6. The molecule has 1 unspecified atom stereocenters. The second kappa shape index (κ2) is 7.46. The van der Waals surface area contributed by atoms with Crippen LogP contribution in [0.1, 0.15) is 47.0 Å². The maximum Gasteiger partial charge on any atom is 0.0603 e. The summed E-state index contributed by atoms with van der Waals surface area (Å²) < 4.78 is 6.11. The van der Waals surface area contributed by atoms with Crippen LogP contribution in [0.4, 0.5) is 0 Å². The molecule has 1 saturated heterocycles. The predicted molar refractivity (Wildman–Crippen MR) is 78.0 cm³/mol. The van der Waals surface area contributed by atoms with Crippen molar-refractivity contribution in [2.24, 2.45) is 5.41 Å². The van der Waals surface area contributed by atoms with Crippen LogP contribution in [0, 0.1) is 5.41 Å². The van der Waals surface area contributed by atoms with E-state index in [1.807, 2.05) is 0 Å². The number of hydrogen-bond acceptors (Lipinski definition) is 3. The van der Waals surface area contributed by atoms with Gasteiger partial charge in [0.2, 0.25) is 0 Å². The number of nitrogens with one attached hydrogen (secondary N) is 1. The lowest BCUT2D eigenvalue weighted by molar-refractivity contribution is -0.0242. The van der Waals surface area contributed by atoms with Crippen molar-refractivity contribution in [1.29, 1.82) is 0 Å². The van der Waals surface area contributed by atoms with Crippen LogP contribution in [0.25, 0.3) is 0 Å². The topological polar surface area (TPSA) is 24.5 Å². The number of hydrogen-bond donors (Lipinski definition) is 1. The van der Waals surface area contributed by atoms with Crippen LogP contribution in [-0.4, -0.2) is 50.3 Å². The first-order valence-corrected chi connectivity index (χ1v) is 7.41. The second-order valence-corrected chi connectivity index (χ2v) is 6.98. The van der Waals surface area contributed by atoms with Crippen LogP contribution in [0.5, 0.6) is 0 Å². The van der Waals surface area contributed by atoms with Crippen molar-refractivity contribution in [3.05, 3.63) is 0 Å². The lowest BCUT2D eigenvalue weighted by Crippen LogP contribution is -2.36. The van der Waals surface area contributed by atoms with Crippen molar-refractivity contribution < 1.29 is 4.74 Å². The summed E-state index contributed by atoms with van der Waals surface area (Å²) in [6.07, 6.45) is 4.34. The van der Waals surface area contributed by atoms with Gasteiger partial charge in [0.1, 0.15) is 0 Å². The van der Waals surface area contributed by atoms with Gasteiger partial charge in [-0.05, 0) is 51.7 Å². The van der Waals surface area contributed by atoms with E-state index in [0.29, 0.717) is 17.6 Å². The van der Waals surface area contributed by atoms with E-state index < -0.39 is 0 Å². The van der Waals surface area contributed by atoms with Gasteiger partial charge in [-0.1, -0.05) is 20.8 Å². The molecule has 1 rings (SSSR count). The first kappa shape index (κ1) is 15.9. The van der Waals surface area contributed by atoms with Gasteiger partial charge in [0.15, 0.2) is 0 Å². The summed E-state index contributed by atoms with van der Waals surface area (Å²) in [5.74, 6) is 0. The zero-order valence-corrected chi connectivity index (χ0v) is 13.0. The molecule has 0 radical (unpaired) electrons. The molecule has 0 aromatic carbocycles. The van der Waals surface area contributed by atoms with Crippen LogP contribution < -0.4 is 5.32 Å². The average Bonchev–Trinajstić information content (AvgIpc) is 2.25. The molecule has 0 bridgehead atoms. The molecule has 1 heterocycles. The summed E-state index contributed by atoms with van der Waals surface area (Å²) in [6.45, 7) is 13.6. The second-order valence-electron chi connectivity index (χ2n) is 6.98. The fraction of sp³-hybridized carbons (Fsp3) is 1.00. The molecule has 108 valence electrons. The highest BCUT2D eigenvalue weighted by atomic mass is 16.5. The molecule has 3 nitrogen and oxygen atoms in total. The van der Waals surface area contributed by atoms with E-state index in [1.54, 1.807) is 0 Å². The monoisotopic (exact) mass is 256 g/mol. The van der Waals surface area contributed by atoms with Gasteiger partial charge in [0, 0.05) is 13.1 Å². The first-order valence-electron chi connectivity index (χ1n) is 7.41. The standard InChI is InChI=1S/C15H32N2O/c1-13(18-14-6-9-16-10-7-14)8-11-17(5)12-15(2,3)4/h13-14,16H,6-12H2,1-5H3. The Hall–Kier alpha value is -0.120. The lowest BCUT2D eigenvalue weighted by atomic mass is 9.96. The van der Waals surface area contributed by atoms with Crippen molar-refractivity contribution in [3.63, 3.8) is 0 Å². The minimum atomic E-state index is 0.383. The summed E-state index contributed by atoms with van der Waals surface area (Å²) in [5, 5.41) is 3.38. The van der Waals surface area contributed by atoms with Crippen molar-refractivity contribution in [2.45, 2.75) is 59.2 Å². The zero-order valence-electron chi connectivity index (χ0n) is 13.0. The molecule has 0 spiro atoms. The van der Waals surface area contributed by atoms with E-state index in [4.69, 9.17) is 4.74 Å². The summed E-state index contributed by atoms with van der Waals surface area (Å²) in [6, 6.07) is 0. The number of rotatable bonds is 6. The van der Waals surface area contributed by atoms with Gasteiger partial charge < -0.3 is 15.0 Å². The fourth-order valence-corrected chi connectivity index (χ4v) is 2.62. The number of ether oxygens (including phenoxy) is 1. The largest absolute Gasteiger partial charge is 0.375 e. The smallest absolute Gasteiger partial charge is 0.0603 e. The van der Waals surface area contributed by atoms with Crippen LogP contribution in [0.3, 0.4) is 0 Å². The Labute approximate surface area is 113 Å². The Morgan fingerprint density at radius 3 is 2.44 bits per heavy atom. The molecule has 0 saturated carbocycles. The molecule has 3 heteroatoms. The predicted octanol–water partition coefficient (Wildman–Crippen LogP) is 2.51. The molecule has 0 aromatic rings. The molecular formula is C15H32N2O. The Morgan fingerprint density at radius 1 is 1.28 bits per heavy atom. The third-order valence-corrected chi connectivity index (χ3v) is 3.37. The normalized spacial score (nSPS) is 20.3. The number of piperidine rings is 1. The Kier molecular flexibility index (Phi) is 6.61. The third kappa shape index (κ3) is 7.34. The van der Waals surface area contributed by atoms with Crippen LogP contribution in [0.15, 0.2) is 0 Å². The maximum absolute atomic E-state index is 6.11. The van der Waals surface area contributed by atoms with Crippen molar-refractivity contribution in [1.82, 2.24) is 10.2 Å². The highest BCUT2D eigenvalue weighted by Gasteiger charge is 2.18. The summed E-state index contributed by atoms with van der Waals surface area (Å²) >= 11 is 0. The fourth-order valence-electron chi connectivity index (χ4n) is 2.62. The average molecular weight is 256 g/mol. The minimum Gasteiger partial charge on any atom is -0.375 e. The van der Waals surface area contributed by atoms with E-state index >= 15 is 0 Å². The molecule has 1 atom stereocenters.